The van der Waals surface area contributed by atoms with Crippen LogP contribution >= 0.6 is 39.1 Å². The summed E-state index contributed by atoms with van der Waals surface area (Å²) >= 11 is 15.9. The van der Waals surface area contributed by atoms with E-state index >= 15 is 0 Å². The Bertz CT molecular complexity index is 623. The maximum atomic E-state index is 6.20. The Morgan fingerprint density at radius 3 is 2.58 bits per heavy atom. The van der Waals surface area contributed by atoms with Gasteiger partial charge in [-0.2, -0.15) is 5.10 Å². The number of nitrogens with one attached hydrogen (secondary N) is 1. The molecule has 0 atom stereocenters. The van der Waals surface area contributed by atoms with Gasteiger partial charge >= 0.3 is 0 Å². The molecule has 3 nitrogen and oxygen atoms in total. The van der Waals surface area contributed by atoms with E-state index in [9.17, 15) is 0 Å². The molecule has 2 aromatic rings. The first-order chi connectivity index (χ1) is 8.90. The maximum absolute atomic E-state index is 6.20. The van der Waals surface area contributed by atoms with Crippen LogP contribution < -0.4 is 5.32 Å². The van der Waals surface area contributed by atoms with Gasteiger partial charge in [-0.25, -0.2) is 0 Å². The summed E-state index contributed by atoms with van der Waals surface area (Å²) in [7, 11) is 1.83. The average molecular weight is 363 g/mol. The van der Waals surface area contributed by atoms with Gasteiger partial charge in [0.25, 0.3) is 0 Å². The van der Waals surface area contributed by atoms with E-state index in [2.05, 4.69) is 26.3 Å². The van der Waals surface area contributed by atoms with Crippen molar-refractivity contribution in [2.45, 2.75) is 20.4 Å². The van der Waals surface area contributed by atoms with Crippen molar-refractivity contribution in [3.8, 4) is 0 Å². The van der Waals surface area contributed by atoms with Crippen LogP contribution in [-0.2, 0) is 13.6 Å². The Balaban J connectivity index is 2.21. The Kier molecular flexibility index (Phi) is 4.43. The number of rotatable bonds is 3. The number of halogens is 3. The summed E-state index contributed by atoms with van der Waals surface area (Å²) in [6.45, 7) is 4.52. The molecule has 1 aromatic carbocycles. The van der Waals surface area contributed by atoms with Crippen LogP contribution in [0.1, 0.15) is 16.8 Å². The fraction of sp³-hybridized carbons (Fsp3) is 0.308. The lowest BCUT2D eigenvalue weighted by Crippen LogP contribution is -2.02. The van der Waals surface area contributed by atoms with Crippen LogP contribution in [0.15, 0.2) is 16.6 Å². The molecule has 2 rings (SSSR count). The Labute approximate surface area is 131 Å². The van der Waals surface area contributed by atoms with Crippen molar-refractivity contribution in [3.63, 3.8) is 0 Å². The van der Waals surface area contributed by atoms with E-state index in [1.807, 2.05) is 33.0 Å². The van der Waals surface area contributed by atoms with Crippen LogP contribution in [-0.4, -0.2) is 9.78 Å². The third-order valence-corrected chi connectivity index (χ3v) is 4.51. The highest BCUT2D eigenvalue weighted by Gasteiger charge is 2.11. The largest absolute Gasteiger partial charge is 0.380 e. The van der Waals surface area contributed by atoms with Crippen molar-refractivity contribution in [1.29, 1.82) is 0 Å². The molecule has 0 radical (unpaired) electrons. The summed E-state index contributed by atoms with van der Waals surface area (Å²) in [6, 6.07) is 3.89. The monoisotopic (exact) mass is 361 g/mol. The number of hydrogen-bond donors (Lipinski definition) is 1. The minimum atomic E-state index is 0.608. The Morgan fingerprint density at radius 1 is 1.32 bits per heavy atom. The maximum Gasteiger partial charge on any atom is 0.131 e. The first kappa shape index (κ1) is 14.7. The standard InChI is InChI=1S/C13H14BrCl2N3/c1-7-4-10(14)12(5-11(7)15)17-6-9-8(2)18-19(3)13(9)16/h4-5,17H,6H2,1-3H3. The molecular formula is C13H14BrCl2N3. The highest BCUT2D eigenvalue weighted by atomic mass is 79.9. The number of anilines is 1. The molecular weight excluding hydrogens is 349 g/mol. The summed E-state index contributed by atoms with van der Waals surface area (Å²) in [6.07, 6.45) is 0. The molecule has 0 saturated carbocycles. The zero-order valence-corrected chi connectivity index (χ0v) is 14.0. The summed E-state index contributed by atoms with van der Waals surface area (Å²) < 4.78 is 2.65. The fourth-order valence-corrected chi connectivity index (χ4v) is 2.84. The van der Waals surface area contributed by atoms with E-state index < -0.39 is 0 Å². The number of benzene rings is 1. The fourth-order valence-electron chi connectivity index (χ4n) is 1.84. The van der Waals surface area contributed by atoms with Crippen molar-refractivity contribution in [2.75, 3.05) is 5.32 Å². The predicted molar refractivity (Wildman–Crippen MR) is 84.2 cm³/mol. The minimum absolute atomic E-state index is 0.608. The lowest BCUT2D eigenvalue weighted by atomic mass is 10.2. The lowest BCUT2D eigenvalue weighted by molar-refractivity contribution is 0.757. The summed E-state index contributed by atoms with van der Waals surface area (Å²) in [4.78, 5) is 0. The summed E-state index contributed by atoms with van der Waals surface area (Å²) in [5.41, 5.74) is 3.90. The van der Waals surface area contributed by atoms with Crippen LogP contribution in [0.25, 0.3) is 0 Å². The number of nitrogens with zero attached hydrogens (tertiary/aromatic N) is 2. The van der Waals surface area contributed by atoms with Gasteiger partial charge in [-0.05, 0) is 47.5 Å². The number of hydrogen-bond acceptors (Lipinski definition) is 2. The molecule has 0 amide bonds. The molecule has 1 heterocycles. The molecule has 6 heteroatoms. The molecule has 0 fully saturated rings. The lowest BCUT2D eigenvalue weighted by Gasteiger charge is -2.10. The molecule has 1 N–H and O–H groups in total. The summed E-state index contributed by atoms with van der Waals surface area (Å²) in [5, 5.41) is 9.00. The molecule has 0 aliphatic heterocycles. The second-order valence-corrected chi connectivity index (χ2v) is 6.03. The van der Waals surface area contributed by atoms with Crippen molar-refractivity contribution < 1.29 is 0 Å². The average Bonchev–Trinajstić information content (AvgIpc) is 2.57. The molecule has 102 valence electrons. The van der Waals surface area contributed by atoms with E-state index in [1.165, 1.54) is 0 Å². The Morgan fingerprint density at radius 2 is 2.00 bits per heavy atom. The van der Waals surface area contributed by atoms with Gasteiger partial charge in [0.1, 0.15) is 5.15 Å². The SMILES string of the molecule is Cc1cc(Br)c(NCc2c(C)nn(C)c2Cl)cc1Cl. The van der Waals surface area contributed by atoms with E-state index in [-0.39, 0.29) is 0 Å². The predicted octanol–water partition coefficient (Wildman–Crippen LogP) is 4.72. The van der Waals surface area contributed by atoms with E-state index in [1.54, 1.807) is 4.68 Å². The molecule has 0 aliphatic rings. The number of aromatic nitrogens is 2. The van der Waals surface area contributed by atoms with Crippen molar-refractivity contribution in [2.24, 2.45) is 7.05 Å². The van der Waals surface area contributed by atoms with Crippen LogP contribution in [0.4, 0.5) is 5.69 Å². The van der Waals surface area contributed by atoms with Gasteiger partial charge in [0.05, 0.1) is 11.4 Å². The normalized spacial score (nSPS) is 10.8. The molecule has 19 heavy (non-hydrogen) atoms. The number of aryl methyl sites for hydroxylation is 3. The van der Waals surface area contributed by atoms with E-state index in [4.69, 9.17) is 23.2 Å². The summed E-state index contributed by atoms with van der Waals surface area (Å²) in [5.74, 6) is 0. The minimum Gasteiger partial charge on any atom is -0.380 e. The van der Waals surface area contributed by atoms with Crippen molar-refractivity contribution in [1.82, 2.24) is 9.78 Å². The van der Waals surface area contributed by atoms with E-state index in [0.29, 0.717) is 11.7 Å². The zero-order chi connectivity index (χ0) is 14.2. The molecule has 1 aromatic heterocycles. The van der Waals surface area contributed by atoms with Gasteiger partial charge in [0, 0.05) is 28.7 Å². The van der Waals surface area contributed by atoms with Crippen molar-refractivity contribution >= 4 is 44.8 Å². The van der Waals surface area contributed by atoms with Crippen LogP contribution in [0, 0.1) is 13.8 Å². The van der Waals surface area contributed by atoms with E-state index in [0.717, 1.165) is 32.0 Å². The topological polar surface area (TPSA) is 29.9 Å². The van der Waals surface area contributed by atoms with Crippen LogP contribution in [0.2, 0.25) is 10.2 Å². The molecule has 0 spiro atoms. The third kappa shape index (κ3) is 3.07. The first-order valence-electron chi connectivity index (χ1n) is 5.77. The van der Waals surface area contributed by atoms with Gasteiger partial charge in [-0.3, -0.25) is 4.68 Å². The third-order valence-electron chi connectivity index (χ3n) is 2.97. The Hall–Kier alpha value is -0.710. The van der Waals surface area contributed by atoms with Crippen molar-refractivity contribution in [3.05, 3.63) is 43.6 Å². The molecule has 0 unspecified atom stereocenters. The highest BCUT2D eigenvalue weighted by molar-refractivity contribution is 9.10. The van der Waals surface area contributed by atoms with Gasteiger partial charge in [0.2, 0.25) is 0 Å². The van der Waals surface area contributed by atoms with Crippen LogP contribution in [0.3, 0.4) is 0 Å². The van der Waals surface area contributed by atoms with Crippen LogP contribution in [0.5, 0.6) is 0 Å². The smallest absolute Gasteiger partial charge is 0.131 e. The first-order valence-corrected chi connectivity index (χ1v) is 7.32. The quantitative estimate of drug-likeness (QED) is 0.856. The molecule has 0 bridgehead atoms. The van der Waals surface area contributed by atoms with Gasteiger partial charge in [-0.1, -0.05) is 23.2 Å². The van der Waals surface area contributed by atoms with Gasteiger partial charge in [0.15, 0.2) is 0 Å². The second kappa shape index (κ2) is 5.73. The molecule has 0 saturated heterocycles. The zero-order valence-electron chi connectivity index (χ0n) is 10.9. The van der Waals surface area contributed by atoms with Gasteiger partial charge in [-0.15, -0.1) is 0 Å². The van der Waals surface area contributed by atoms with Gasteiger partial charge < -0.3 is 5.32 Å². The molecule has 0 aliphatic carbocycles. The highest BCUT2D eigenvalue weighted by Crippen LogP contribution is 2.30. The second-order valence-electron chi connectivity index (χ2n) is 4.41.